The number of morpholine rings is 1. The molecule has 2 aliphatic rings. The number of amides is 1. The Hall–Kier alpha value is -2.18. The first-order chi connectivity index (χ1) is 11.7. The molecule has 126 valence electrons. The van der Waals surface area contributed by atoms with Crippen molar-refractivity contribution < 1.29 is 9.53 Å². The lowest BCUT2D eigenvalue weighted by molar-refractivity contribution is -0.140. The summed E-state index contributed by atoms with van der Waals surface area (Å²) in [6, 6.07) is 9.88. The van der Waals surface area contributed by atoms with E-state index >= 15 is 0 Å². The molecule has 1 amide bonds. The number of fused-ring (bicyclic) bond motifs is 1. The number of nitrogens with one attached hydrogen (secondary N) is 1. The predicted octanol–water partition coefficient (Wildman–Crippen LogP) is 1.13. The van der Waals surface area contributed by atoms with E-state index in [4.69, 9.17) is 4.74 Å². The average Bonchev–Trinajstić information content (AvgIpc) is 3.05. The molecule has 1 fully saturated rings. The van der Waals surface area contributed by atoms with Crippen LogP contribution in [-0.2, 0) is 22.5 Å². The second-order valence-corrected chi connectivity index (χ2v) is 6.38. The van der Waals surface area contributed by atoms with E-state index in [1.807, 2.05) is 40.9 Å². The number of carbonyl (C=O) groups excluding carboxylic acids is 1. The summed E-state index contributed by atoms with van der Waals surface area (Å²) in [5.41, 5.74) is 3.39. The van der Waals surface area contributed by atoms with Crippen LogP contribution in [0.3, 0.4) is 0 Å². The van der Waals surface area contributed by atoms with Gasteiger partial charge in [0.05, 0.1) is 30.3 Å². The summed E-state index contributed by atoms with van der Waals surface area (Å²) in [7, 11) is 0. The van der Waals surface area contributed by atoms with E-state index in [2.05, 4.69) is 22.5 Å². The first-order valence-electron chi connectivity index (χ1n) is 8.49. The summed E-state index contributed by atoms with van der Waals surface area (Å²) in [5, 5.41) is 7.81. The van der Waals surface area contributed by atoms with Crippen molar-refractivity contribution >= 4 is 5.91 Å². The second kappa shape index (κ2) is 6.37. The SMILES string of the molecule is C[C@H]1OCCN[C@@H]1C(=O)N1CCc2c(cnn2-c2ccccc2)C1. The van der Waals surface area contributed by atoms with Crippen LogP contribution in [0.5, 0.6) is 0 Å². The van der Waals surface area contributed by atoms with Gasteiger partial charge in [0.1, 0.15) is 6.04 Å². The van der Waals surface area contributed by atoms with Gasteiger partial charge in [-0.2, -0.15) is 5.10 Å². The molecule has 3 heterocycles. The standard InChI is InChI=1S/C18H22N4O2/c1-13-17(19-8-10-24-13)18(23)21-9-7-16-14(12-21)11-20-22(16)15-5-3-2-4-6-15/h2-6,11,13,17,19H,7-10,12H2,1H3/t13-,17+/m1/s1. The van der Waals surface area contributed by atoms with Crippen LogP contribution in [0, 0.1) is 0 Å². The summed E-state index contributed by atoms with van der Waals surface area (Å²) in [6.07, 6.45) is 2.62. The fourth-order valence-electron chi connectivity index (χ4n) is 3.52. The van der Waals surface area contributed by atoms with Gasteiger partial charge in [-0.05, 0) is 19.1 Å². The maximum absolute atomic E-state index is 12.8. The van der Waals surface area contributed by atoms with Crippen molar-refractivity contribution in [2.24, 2.45) is 0 Å². The summed E-state index contributed by atoms with van der Waals surface area (Å²) in [4.78, 5) is 14.7. The molecule has 0 bridgehead atoms. The molecular formula is C18H22N4O2. The van der Waals surface area contributed by atoms with Gasteiger partial charge in [-0.15, -0.1) is 0 Å². The van der Waals surface area contributed by atoms with Gasteiger partial charge in [-0.3, -0.25) is 4.79 Å². The highest BCUT2D eigenvalue weighted by molar-refractivity contribution is 5.83. The van der Waals surface area contributed by atoms with Crippen LogP contribution in [0.15, 0.2) is 36.5 Å². The molecule has 0 aliphatic carbocycles. The summed E-state index contributed by atoms with van der Waals surface area (Å²) < 4.78 is 7.60. The number of ether oxygens (including phenoxy) is 1. The van der Waals surface area contributed by atoms with E-state index in [-0.39, 0.29) is 18.1 Å². The van der Waals surface area contributed by atoms with Crippen molar-refractivity contribution in [1.82, 2.24) is 20.0 Å². The molecule has 2 aromatic rings. The van der Waals surface area contributed by atoms with Gasteiger partial charge in [-0.25, -0.2) is 4.68 Å². The zero-order valence-electron chi connectivity index (χ0n) is 13.8. The molecule has 0 saturated carbocycles. The minimum Gasteiger partial charge on any atom is -0.375 e. The van der Waals surface area contributed by atoms with Crippen LogP contribution in [0.2, 0.25) is 0 Å². The first kappa shape index (κ1) is 15.4. The van der Waals surface area contributed by atoms with E-state index in [0.717, 1.165) is 30.8 Å². The molecule has 0 unspecified atom stereocenters. The van der Waals surface area contributed by atoms with Crippen molar-refractivity contribution in [3.05, 3.63) is 47.8 Å². The first-order valence-corrected chi connectivity index (χ1v) is 8.49. The molecule has 0 radical (unpaired) electrons. The van der Waals surface area contributed by atoms with Gasteiger partial charge >= 0.3 is 0 Å². The van der Waals surface area contributed by atoms with Crippen molar-refractivity contribution in [3.8, 4) is 5.69 Å². The summed E-state index contributed by atoms with van der Waals surface area (Å²) >= 11 is 0. The highest BCUT2D eigenvalue weighted by Gasteiger charge is 2.34. The van der Waals surface area contributed by atoms with Crippen molar-refractivity contribution in [3.63, 3.8) is 0 Å². The van der Waals surface area contributed by atoms with Gasteiger partial charge in [0, 0.05) is 31.6 Å². The van der Waals surface area contributed by atoms with Gasteiger partial charge in [0.2, 0.25) is 5.91 Å². The van der Waals surface area contributed by atoms with E-state index < -0.39 is 0 Å². The number of para-hydroxylation sites is 1. The molecule has 1 N–H and O–H groups in total. The molecule has 4 rings (SSSR count). The van der Waals surface area contributed by atoms with Crippen LogP contribution in [0.25, 0.3) is 5.69 Å². The monoisotopic (exact) mass is 326 g/mol. The lowest BCUT2D eigenvalue weighted by Gasteiger charge is -2.35. The number of benzene rings is 1. The molecule has 2 aliphatic heterocycles. The number of rotatable bonds is 2. The number of hydrogen-bond donors (Lipinski definition) is 1. The van der Waals surface area contributed by atoms with E-state index in [1.54, 1.807) is 0 Å². The molecule has 1 aromatic carbocycles. The molecule has 0 spiro atoms. The second-order valence-electron chi connectivity index (χ2n) is 6.38. The molecular weight excluding hydrogens is 304 g/mol. The Morgan fingerprint density at radius 1 is 1.33 bits per heavy atom. The van der Waals surface area contributed by atoms with Crippen LogP contribution >= 0.6 is 0 Å². The summed E-state index contributed by atoms with van der Waals surface area (Å²) in [6.45, 7) is 4.68. The Balaban J connectivity index is 1.53. The molecule has 24 heavy (non-hydrogen) atoms. The Labute approximate surface area is 141 Å². The van der Waals surface area contributed by atoms with Crippen molar-refractivity contribution in [2.75, 3.05) is 19.7 Å². The summed E-state index contributed by atoms with van der Waals surface area (Å²) in [5.74, 6) is 0.125. The predicted molar refractivity (Wildman–Crippen MR) is 89.9 cm³/mol. The molecule has 6 heteroatoms. The fraction of sp³-hybridized carbons (Fsp3) is 0.444. The lowest BCUT2D eigenvalue weighted by atomic mass is 10.0. The fourth-order valence-corrected chi connectivity index (χ4v) is 3.52. The van der Waals surface area contributed by atoms with Crippen LogP contribution in [-0.4, -0.2) is 52.4 Å². The van der Waals surface area contributed by atoms with Crippen LogP contribution in [0.1, 0.15) is 18.2 Å². The lowest BCUT2D eigenvalue weighted by Crippen LogP contribution is -2.57. The van der Waals surface area contributed by atoms with Crippen molar-refractivity contribution in [1.29, 1.82) is 0 Å². The Kier molecular flexibility index (Phi) is 4.08. The highest BCUT2D eigenvalue weighted by Crippen LogP contribution is 2.23. The third-order valence-electron chi connectivity index (χ3n) is 4.83. The van der Waals surface area contributed by atoms with Crippen LogP contribution in [0.4, 0.5) is 0 Å². The van der Waals surface area contributed by atoms with Gasteiger partial charge in [0.25, 0.3) is 0 Å². The molecule has 1 saturated heterocycles. The maximum Gasteiger partial charge on any atom is 0.242 e. The number of carbonyl (C=O) groups is 1. The van der Waals surface area contributed by atoms with E-state index in [9.17, 15) is 4.79 Å². The number of nitrogens with zero attached hydrogens (tertiary/aromatic N) is 3. The smallest absolute Gasteiger partial charge is 0.242 e. The normalized spacial score (nSPS) is 23.8. The minimum absolute atomic E-state index is 0.0836. The minimum atomic E-state index is -0.246. The number of hydrogen-bond acceptors (Lipinski definition) is 4. The quantitative estimate of drug-likeness (QED) is 0.899. The Bertz CT molecular complexity index is 728. The number of aromatic nitrogens is 2. The van der Waals surface area contributed by atoms with Gasteiger partial charge in [-0.1, -0.05) is 18.2 Å². The molecule has 2 atom stereocenters. The Morgan fingerprint density at radius 3 is 2.96 bits per heavy atom. The zero-order valence-corrected chi connectivity index (χ0v) is 13.8. The maximum atomic E-state index is 12.8. The zero-order chi connectivity index (χ0) is 16.5. The Morgan fingerprint density at radius 2 is 2.17 bits per heavy atom. The molecule has 6 nitrogen and oxygen atoms in total. The van der Waals surface area contributed by atoms with Gasteiger partial charge in [0.15, 0.2) is 0 Å². The topological polar surface area (TPSA) is 59.4 Å². The largest absolute Gasteiger partial charge is 0.375 e. The molecule has 1 aromatic heterocycles. The average molecular weight is 326 g/mol. The van der Waals surface area contributed by atoms with Crippen molar-refractivity contribution in [2.45, 2.75) is 32.0 Å². The van der Waals surface area contributed by atoms with E-state index in [0.29, 0.717) is 13.2 Å². The third-order valence-corrected chi connectivity index (χ3v) is 4.83. The van der Waals surface area contributed by atoms with Crippen LogP contribution < -0.4 is 5.32 Å². The van der Waals surface area contributed by atoms with Gasteiger partial charge < -0.3 is 15.0 Å². The van der Waals surface area contributed by atoms with E-state index in [1.165, 1.54) is 5.69 Å². The highest BCUT2D eigenvalue weighted by atomic mass is 16.5. The third kappa shape index (κ3) is 2.72.